The molecule has 0 saturated carbocycles. The van der Waals surface area contributed by atoms with Crippen LogP contribution in [0.5, 0.6) is 5.75 Å². The van der Waals surface area contributed by atoms with Gasteiger partial charge in [0, 0.05) is 18.3 Å². The number of rotatable bonds is 9. The predicted octanol–water partition coefficient (Wildman–Crippen LogP) is 3.53. The van der Waals surface area contributed by atoms with Crippen LogP contribution in [0.3, 0.4) is 0 Å². The van der Waals surface area contributed by atoms with Gasteiger partial charge in [0.25, 0.3) is 0 Å². The van der Waals surface area contributed by atoms with Crippen molar-refractivity contribution in [3.05, 3.63) is 64.2 Å². The van der Waals surface area contributed by atoms with Crippen molar-refractivity contribution >= 4 is 29.7 Å². The monoisotopic (exact) mass is 379 g/mol. The second-order valence-electron chi connectivity index (χ2n) is 5.31. The molecule has 0 saturated heterocycles. The zero-order valence-corrected chi connectivity index (χ0v) is 15.3. The minimum Gasteiger partial charge on any atom is -0.486 e. The lowest BCUT2D eigenvalue weighted by molar-refractivity contribution is -0.385. The minimum atomic E-state index is -0.508. The molecule has 0 radical (unpaired) electrons. The van der Waals surface area contributed by atoms with Crippen LogP contribution in [0, 0.1) is 10.1 Å². The summed E-state index contributed by atoms with van der Waals surface area (Å²) < 4.78 is 5.39. The van der Waals surface area contributed by atoms with Crippen LogP contribution >= 0.6 is 12.4 Å². The molecule has 0 aliphatic carbocycles. The minimum absolute atomic E-state index is 0. The van der Waals surface area contributed by atoms with Crippen molar-refractivity contribution in [3.8, 4) is 5.75 Å². The molecule has 7 nitrogen and oxygen atoms in total. The van der Waals surface area contributed by atoms with Gasteiger partial charge in [0.15, 0.2) is 5.75 Å². The fourth-order valence-electron chi connectivity index (χ4n) is 2.25. The average molecular weight is 380 g/mol. The number of anilines is 1. The Morgan fingerprint density at radius 1 is 1.15 bits per heavy atom. The van der Waals surface area contributed by atoms with Crippen molar-refractivity contribution in [2.75, 3.05) is 18.5 Å². The van der Waals surface area contributed by atoms with Gasteiger partial charge in [0.1, 0.15) is 0 Å². The van der Waals surface area contributed by atoms with Gasteiger partial charge in [-0.25, -0.2) is 0 Å². The van der Waals surface area contributed by atoms with Gasteiger partial charge in [-0.05, 0) is 24.2 Å². The molecule has 0 aliphatic heterocycles. The third kappa shape index (κ3) is 6.34. The van der Waals surface area contributed by atoms with Crippen LogP contribution in [0.4, 0.5) is 11.4 Å². The van der Waals surface area contributed by atoms with Crippen molar-refractivity contribution in [2.24, 2.45) is 0 Å². The van der Waals surface area contributed by atoms with Crippen LogP contribution in [0.2, 0.25) is 0 Å². The molecule has 0 aromatic heterocycles. The molecule has 0 heterocycles. The summed E-state index contributed by atoms with van der Waals surface area (Å²) in [6, 6.07) is 13.7. The van der Waals surface area contributed by atoms with Crippen LogP contribution in [0.25, 0.3) is 0 Å². The summed E-state index contributed by atoms with van der Waals surface area (Å²) in [5, 5.41) is 17.0. The molecule has 0 bridgehead atoms. The first kappa shape index (κ1) is 21.4. The summed E-state index contributed by atoms with van der Waals surface area (Å²) in [6.07, 6.45) is 0.0988. The first-order chi connectivity index (χ1) is 12.1. The predicted molar refractivity (Wildman–Crippen MR) is 103 cm³/mol. The van der Waals surface area contributed by atoms with E-state index in [0.717, 1.165) is 17.8 Å². The van der Waals surface area contributed by atoms with E-state index in [0.29, 0.717) is 6.54 Å². The van der Waals surface area contributed by atoms with Gasteiger partial charge in [-0.1, -0.05) is 37.3 Å². The Morgan fingerprint density at radius 3 is 2.58 bits per heavy atom. The molecular weight excluding hydrogens is 358 g/mol. The quantitative estimate of drug-likeness (QED) is 0.513. The Kier molecular flexibility index (Phi) is 9.11. The number of nitro groups is 1. The Balaban J connectivity index is 0.00000338. The summed E-state index contributed by atoms with van der Waals surface area (Å²) in [6.45, 7) is 3.58. The van der Waals surface area contributed by atoms with Gasteiger partial charge in [-0.15, -0.1) is 12.4 Å². The summed E-state index contributed by atoms with van der Waals surface area (Å²) in [5.41, 5.74) is 1.63. The van der Waals surface area contributed by atoms with Crippen molar-refractivity contribution in [1.29, 1.82) is 0 Å². The number of benzene rings is 2. The van der Waals surface area contributed by atoms with Gasteiger partial charge < -0.3 is 15.4 Å². The summed E-state index contributed by atoms with van der Waals surface area (Å²) >= 11 is 0. The highest BCUT2D eigenvalue weighted by Gasteiger charge is 2.14. The molecule has 0 spiro atoms. The van der Waals surface area contributed by atoms with E-state index in [1.54, 1.807) is 12.1 Å². The molecule has 0 atom stereocenters. The zero-order chi connectivity index (χ0) is 18.1. The Bertz CT molecular complexity index is 740. The smallest absolute Gasteiger partial charge is 0.310 e. The molecule has 2 aromatic carbocycles. The second-order valence-corrected chi connectivity index (χ2v) is 5.31. The highest BCUT2D eigenvalue weighted by molar-refractivity contribution is 5.91. The third-order valence-electron chi connectivity index (χ3n) is 3.51. The normalized spacial score (nSPS) is 9.88. The fraction of sp³-hybridized carbons (Fsp3) is 0.278. The number of nitrogens with one attached hydrogen (secondary N) is 2. The van der Waals surface area contributed by atoms with Crippen LogP contribution in [-0.4, -0.2) is 24.0 Å². The molecule has 8 heteroatoms. The van der Waals surface area contributed by atoms with Crippen molar-refractivity contribution in [1.82, 2.24) is 5.32 Å². The Labute approximate surface area is 158 Å². The molecule has 2 aromatic rings. The number of amides is 1. The van der Waals surface area contributed by atoms with Gasteiger partial charge in [0.2, 0.25) is 5.91 Å². The van der Waals surface area contributed by atoms with E-state index >= 15 is 0 Å². The van der Waals surface area contributed by atoms with E-state index in [-0.39, 0.29) is 42.8 Å². The largest absolute Gasteiger partial charge is 0.486 e. The van der Waals surface area contributed by atoms with E-state index in [1.807, 2.05) is 31.2 Å². The highest BCUT2D eigenvalue weighted by Crippen LogP contribution is 2.25. The van der Waals surface area contributed by atoms with E-state index in [4.69, 9.17) is 4.74 Å². The van der Waals surface area contributed by atoms with Crippen molar-refractivity contribution < 1.29 is 14.5 Å². The molecule has 1 amide bonds. The first-order valence-electron chi connectivity index (χ1n) is 8.06. The van der Waals surface area contributed by atoms with Gasteiger partial charge in [-0.3, -0.25) is 14.9 Å². The van der Waals surface area contributed by atoms with Crippen LogP contribution in [0.1, 0.15) is 18.9 Å². The number of para-hydroxylation sites is 3. The number of carbonyl (C=O) groups is 1. The molecular formula is C18H22ClN3O4. The van der Waals surface area contributed by atoms with E-state index in [1.165, 1.54) is 12.1 Å². The van der Waals surface area contributed by atoms with Crippen molar-refractivity contribution in [3.63, 3.8) is 0 Å². The highest BCUT2D eigenvalue weighted by atomic mass is 35.5. The molecule has 26 heavy (non-hydrogen) atoms. The molecule has 0 fully saturated rings. The number of hydrogen-bond donors (Lipinski definition) is 2. The van der Waals surface area contributed by atoms with Crippen molar-refractivity contribution in [2.45, 2.75) is 19.9 Å². The van der Waals surface area contributed by atoms with Gasteiger partial charge >= 0.3 is 5.69 Å². The number of ether oxygens (including phenoxy) is 1. The maximum absolute atomic E-state index is 12.1. The van der Waals surface area contributed by atoms with E-state index in [9.17, 15) is 14.9 Å². The van der Waals surface area contributed by atoms with Gasteiger partial charge in [-0.2, -0.15) is 0 Å². The lowest BCUT2D eigenvalue weighted by Crippen LogP contribution is -2.18. The second kappa shape index (κ2) is 11.1. The number of nitro benzene ring substituents is 1. The summed E-state index contributed by atoms with van der Waals surface area (Å²) in [5.74, 6) is -0.0459. The maximum Gasteiger partial charge on any atom is 0.310 e. The summed E-state index contributed by atoms with van der Waals surface area (Å²) in [7, 11) is 0. The maximum atomic E-state index is 12.1. The zero-order valence-electron chi connectivity index (χ0n) is 14.4. The number of hydrogen-bond acceptors (Lipinski definition) is 5. The standard InChI is InChI=1S/C18H21N3O4.ClH/c1-2-19-13-14-7-3-4-8-15(14)20-18(22)11-12-25-17-10-6-5-9-16(17)21(23)24;/h3-10,19H,2,11-13H2,1H3,(H,20,22);1H. The van der Waals surface area contributed by atoms with Crippen LogP contribution in [0.15, 0.2) is 48.5 Å². The SMILES string of the molecule is CCNCc1ccccc1NC(=O)CCOc1ccccc1[N+](=O)[O-].Cl. The van der Waals surface area contributed by atoms with E-state index in [2.05, 4.69) is 10.6 Å². The number of carbonyl (C=O) groups excluding carboxylic acids is 1. The average Bonchev–Trinajstić information content (AvgIpc) is 2.61. The third-order valence-corrected chi connectivity index (χ3v) is 3.51. The van der Waals surface area contributed by atoms with Crippen LogP contribution in [-0.2, 0) is 11.3 Å². The summed E-state index contributed by atoms with van der Waals surface area (Å²) in [4.78, 5) is 22.5. The fourth-order valence-corrected chi connectivity index (χ4v) is 2.25. The molecule has 2 rings (SSSR count). The van der Waals surface area contributed by atoms with Gasteiger partial charge in [0.05, 0.1) is 18.0 Å². The molecule has 0 unspecified atom stereocenters. The Hall–Kier alpha value is -2.64. The van der Waals surface area contributed by atoms with Crippen LogP contribution < -0.4 is 15.4 Å². The number of halogens is 1. The Morgan fingerprint density at radius 2 is 1.85 bits per heavy atom. The van der Waals surface area contributed by atoms with E-state index < -0.39 is 4.92 Å². The lowest BCUT2D eigenvalue weighted by Gasteiger charge is -2.12. The topological polar surface area (TPSA) is 93.5 Å². The molecule has 0 aliphatic rings. The molecule has 2 N–H and O–H groups in total. The first-order valence-corrected chi connectivity index (χ1v) is 8.06. The number of nitrogens with zero attached hydrogens (tertiary/aromatic N) is 1. The molecule has 140 valence electrons. The lowest BCUT2D eigenvalue weighted by atomic mass is 10.1.